The highest BCUT2D eigenvalue weighted by molar-refractivity contribution is 7.16. The lowest BCUT2D eigenvalue weighted by atomic mass is 10.00. The van der Waals surface area contributed by atoms with Crippen molar-refractivity contribution in [1.82, 2.24) is 19.9 Å². The molecule has 5 nitrogen and oxygen atoms in total. The molecule has 0 spiro atoms. The van der Waals surface area contributed by atoms with Gasteiger partial charge in [-0.25, -0.2) is 15.0 Å². The first-order chi connectivity index (χ1) is 11.8. The van der Waals surface area contributed by atoms with Gasteiger partial charge in [-0.1, -0.05) is 30.3 Å². The minimum Gasteiger partial charge on any atom is -0.365 e. The molecule has 4 rings (SSSR count). The number of rotatable bonds is 4. The number of piperidine rings is 1. The van der Waals surface area contributed by atoms with Gasteiger partial charge >= 0.3 is 0 Å². The lowest BCUT2D eigenvalue weighted by Crippen LogP contribution is -2.40. The number of fused-ring (bicyclic) bond motifs is 1. The maximum atomic E-state index is 4.39. The lowest BCUT2D eigenvalue weighted by Gasteiger charge is -2.36. The third-order valence-electron chi connectivity index (χ3n) is 4.83. The molecule has 3 heterocycles. The Kier molecular flexibility index (Phi) is 4.40. The summed E-state index contributed by atoms with van der Waals surface area (Å²) in [5.74, 6) is 0.871. The number of benzene rings is 1. The number of anilines is 1. The molecule has 1 N–H and O–H groups in total. The number of aromatic nitrogens is 3. The Labute approximate surface area is 145 Å². The van der Waals surface area contributed by atoms with Gasteiger partial charge in [0.2, 0.25) is 0 Å². The summed E-state index contributed by atoms with van der Waals surface area (Å²) in [4.78, 5) is 16.5. The highest BCUT2D eigenvalue weighted by atomic mass is 32.1. The van der Waals surface area contributed by atoms with Crippen LogP contribution in [-0.2, 0) is 0 Å². The van der Waals surface area contributed by atoms with Crippen LogP contribution >= 0.6 is 11.3 Å². The van der Waals surface area contributed by atoms with Gasteiger partial charge in [-0.2, -0.15) is 0 Å². The van der Waals surface area contributed by atoms with Crippen molar-refractivity contribution in [2.75, 3.05) is 18.4 Å². The van der Waals surface area contributed by atoms with Crippen molar-refractivity contribution in [3.63, 3.8) is 0 Å². The largest absolute Gasteiger partial charge is 0.365 e. The first kappa shape index (κ1) is 15.5. The zero-order valence-corrected chi connectivity index (χ0v) is 14.5. The Morgan fingerprint density at radius 3 is 2.71 bits per heavy atom. The zero-order chi connectivity index (χ0) is 16.4. The van der Waals surface area contributed by atoms with Crippen LogP contribution < -0.4 is 5.32 Å². The van der Waals surface area contributed by atoms with Crippen molar-refractivity contribution in [2.24, 2.45) is 0 Å². The SMILES string of the molecule is CC(c1ccccc1)N1CCC(Nc2ncnc3scnc23)CC1. The van der Waals surface area contributed by atoms with E-state index in [2.05, 4.69) is 62.4 Å². The van der Waals surface area contributed by atoms with Crippen molar-refractivity contribution < 1.29 is 0 Å². The van der Waals surface area contributed by atoms with Gasteiger partial charge in [0.25, 0.3) is 0 Å². The molecule has 1 aromatic carbocycles. The topological polar surface area (TPSA) is 53.9 Å². The van der Waals surface area contributed by atoms with Crippen LogP contribution in [0.1, 0.15) is 31.4 Å². The third-order valence-corrected chi connectivity index (χ3v) is 5.57. The van der Waals surface area contributed by atoms with Crippen LogP contribution in [-0.4, -0.2) is 39.0 Å². The number of thiazole rings is 1. The molecule has 1 saturated heterocycles. The molecule has 6 heteroatoms. The summed E-state index contributed by atoms with van der Waals surface area (Å²) in [7, 11) is 0. The Balaban J connectivity index is 1.39. The van der Waals surface area contributed by atoms with Gasteiger partial charge in [0.1, 0.15) is 16.7 Å². The van der Waals surface area contributed by atoms with E-state index in [-0.39, 0.29) is 0 Å². The van der Waals surface area contributed by atoms with E-state index >= 15 is 0 Å². The molecule has 3 aromatic rings. The molecular formula is C18H21N5S. The molecule has 24 heavy (non-hydrogen) atoms. The highest BCUT2D eigenvalue weighted by Gasteiger charge is 2.24. The van der Waals surface area contributed by atoms with E-state index in [0.717, 1.165) is 42.1 Å². The molecule has 0 aliphatic carbocycles. The molecule has 1 fully saturated rings. The van der Waals surface area contributed by atoms with Crippen molar-refractivity contribution in [3.05, 3.63) is 47.7 Å². The molecule has 124 valence electrons. The van der Waals surface area contributed by atoms with Gasteiger partial charge in [0, 0.05) is 25.2 Å². The molecular weight excluding hydrogens is 318 g/mol. The number of hydrogen-bond donors (Lipinski definition) is 1. The smallest absolute Gasteiger partial charge is 0.157 e. The number of nitrogens with one attached hydrogen (secondary N) is 1. The molecule has 2 aromatic heterocycles. The fourth-order valence-corrected chi connectivity index (χ4v) is 3.99. The van der Waals surface area contributed by atoms with Crippen molar-refractivity contribution in [3.8, 4) is 0 Å². The molecule has 1 aliphatic heterocycles. The fourth-order valence-electron chi connectivity index (χ4n) is 3.37. The fraction of sp³-hybridized carbons (Fsp3) is 0.389. The van der Waals surface area contributed by atoms with E-state index in [1.54, 1.807) is 17.7 Å². The first-order valence-electron chi connectivity index (χ1n) is 8.41. The van der Waals surface area contributed by atoms with Crippen LogP contribution in [0, 0.1) is 0 Å². The maximum absolute atomic E-state index is 4.39. The van der Waals surface area contributed by atoms with E-state index in [0.29, 0.717) is 12.1 Å². The van der Waals surface area contributed by atoms with Crippen LogP contribution in [0.2, 0.25) is 0 Å². The summed E-state index contributed by atoms with van der Waals surface area (Å²) in [6, 6.07) is 11.7. The van der Waals surface area contributed by atoms with E-state index < -0.39 is 0 Å². The Hall–Kier alpha value is -2.05. The molecule has 1 atom stereocenters. The number of likely N-dealkylation sites (tertiary alicyclic amines) is 1. The molecule has 1 unspecified atom stereocenters. The normalized spacial score (nSPS) is 17.9. The van der Waals surface area contributed by atoms with Gasteiger partial charge in [-0.05, 0) is 25.3 Å². The number of nitrogens with zero attached hydrogens (tertiary/aromatic N) is 4. The first-order valence-corrected chi connectivity index (χ1v) is 9.29. The maximum Gasteiger partial charge on any atom is 0.157 e. The lowest BCUT2D eigenvalue weighted by molar-refractivity contribution is 0.167. The molecule has 0 radical (unpaired) electrons. The zero-order valence-electron chi connectivity index (χ0n) is 13.7. The second kappa shape index (κ2) is 6.83. The third kappa shape index (κ3) is 3.12. The Morgan fingerprint density at radius 1 is 1.12 bits per heavy atom. The average molecular weight is 339 g/mol. The van der Waals surface area contributed by atoms with Crippen LogP contribution in [0.3, 0.4) is 0 Å². The monoisotopic (exact) mass is 339 g/mol. The van der Waals surface area contributed by atoms with Crippen LogP contribution in [0.25, 0.3) is 10.3 Å². The van der Waals surface area contributed by atoms with Gasteiger partial charge in [0.15, 0.2) is 5.82 Å². The predicted octanol–water partition coefficient (Wildman–Crippen LogP) is 3.72. The van der Waals surface area contributed by atoms with E-state index in [1.807, 2.05) is 5.51 Å². The van der Waals surface area contributed by atoms with E-state index in [4.69, 9.17) is 0 Å². The highest BCUT2D eigenvalue weighted by Crippen LogP contribution is 2.27. The Bertz CT molecular complexity index is 795. The predicted molar refractivity (Wildman–Crippen MR) is 98.3 cm³/mol. The van der Waals surface area contributed by atoms with Gasteiger partial charge in [0.05, 0.1) is 5.51 Å². The summed E-state index contributed by atoms with van der Waals surface area (Å²) in [5.41, 5.74) is 4.11. The quantitative estimate of drug-likeness (QED) is 0.785. The number of hydrogen-bond acceptors (Lipinski definition) is 6. The van der Waals surface area contributed by atoms with Gasteiger partial charge in [-0.15, -0.1) is 11.3 Å². The summed E-state index contributed by atoms with van der Waals surface area (Å²) >= 11 is 1.55. The van der Waals surface area contributed by atoms with Crippen molar-refractivity contribution >= 4 is 27.5 Å². The van der Waals surface area contributed by atoms with Crippen LogP contribution in [0.5, 0.6) is 0 Å². The second-order valence-corrected chi connectivity index (χ2v) is 7.10. The summed E-state index contributed by atoms with van der Waals surface area (Å²) in [5, 5.41) is 3.58. The minimum absolute atomic E-state index is 0.448. The minimum atomic E-state index is 0.448. The molecule has 1 aliphatic rings. The summed E-state index contributed by atoms with van der Waals surface area (Å²) in [6.07, 6.45) is 3.86. The standard InChI is InChI=1S/C18H21N5S/c1-13(14-5-3-2-4-6-14)23-9-7-15(8-10-23)22-17-16-18(20-11-19-17)24-12-21-16/h2-6,11-13,15H,7-10H2,1H3,(H,19,20,22). The summed E-state index contributed by atoms with van der Waals surface area (Å²) < 4.78 is 0. The van der Waals surface area contributed by atoms with Gasteiger partial charge in [-0.3, -0.25) is 4.90 Å². The molecule has 0 bridgehead atoms. The van der Waals surface area contributed by atoms with Crippen molar-refractivity contribution in [2.45, 2.75) is 31.8 Å². The average Bonchev–Trinajstić information content (AvgIpc) is 3.12. The van der Waals surface area contributed by atoms with Gasteiger partial charge < -0.3 is 5.32 Å². The van der Waals surface area contributed by atoms with Crippen LogP contribution in [0.15, 0.2) is 42.2 Å². The molecule has 0 saturated carbocycles. The van der Waals surface area contributed by atoms with Crippen molar-refractivity contribution in [1.29, 1.82) is 0 Å². The Morgan fingerprint density at radius 2 is 1.92 bits per heavy atom. The molecule has 0 amide bonds. The van der Waals surface area contributed by atoms with Crippen LogP contribution in [0.4, 0.5) is 5.82 Å². The van der Waals surface area contributed by atoms with E-state index in [1.165, 1.54) is 5.56 Å². The summed E-state index contributed by atoms with van der Waals surface area (Å²) in [6.45, 7) is 4.49. The van der Waals surface area contributed by atoms with E-state index in [9.17, 15) is 0 Å². The second-order valence-electron chi connectivity index (χ2n) is 6.27.